The number of ether oxygens (including phenoxy) is 2. The molecule has 0 aliphatic carbocycles. The van der Waals surface area contributed by atoms with Crippen LogP contribution in [0.5, 0.6) is 11.5 Å². The van der Waals surface area contributed by atoms with Crippen molar-refractivity contribution in [3.05, 3.63) is 101 Å². The molecule has 4 aromatic rings. The van der Waals surface area contributed by atoms with Crippen molar-refractivity contribution < 1.29 is 14.3 Å². The summed E-state index contributed by atoms with van der Waals surface area (Å²) < 4.78 is 12.9. The number of aromatic nitrogens is 3. The number of primary amides is 1. The Morgan fingerprint density at radius 1 is 1.00 bits per heavy atom. The maximum Gasteiger partial charge on any atom is 0.248 e. The molecule has 0 saturated heterocycles. The minimum atomic E-state index is -0.522. The quantitative estimate of drug-likeness (QED) is 0.420. The van der Waals surface area contributed by atoms with Gasteiger partial charge in [-0.05, 0) is 54.4 Å². The number of allylic oxidation sites excluding steroid dienone is 1. The summed E-state index contributed by atoms with van der Waals surface area (Å²) >= 11 is 0. The summed E-state index contributed by atoms with van der Waals surface area (Å²) in [5.74, 6) is 2.02. The minimum Gasteiger partial charge on any atom is -0.497 e. The van der Waals surface area contributed by atoms with Gasteiger partial charge in [0.25, 0.3) is 0 Å². The molecule has 0 saturated carbocycles. The smallest absolute Gasteiger partial charge is 0.248 e. The summed E-state index contributed by atoms with van der Waals surface area (Å²) in [4.78, 5) is 17.1. The lowest BCUT2D eigenvalue weighted by Crippen LogP contribution is -2.31. The highest BCUT2D eigenvalue weighted by atomic mass is 16.5. The standard InChI is InChI=1S/C27H25N5O3/c1-17-23(25(28)33)24(19-8-14-22(15-9-19)35-16-18-6-4-3-5-7-18)32-27(29-17)30-26(31-32)20-10-12-21(34-2)13-11-20/h3-15,24H,16H2,1-2H3,(H2,28,33)(H,29,30,31). The molecular formula is C27H25N5O3. The van der Waals surface area contributed by atoms with Crippen molar-refractivity contribution in [2.75, 3.05) is 12.4 Å². The molecule has 0 bridgehead atoms. The molecule has 5 rings (SSSR count). The highest BCUT2D eigenvalue weighted by Gasteiger charge is 2.33. The lowest BCUT2D eigenvalue weighted by molar-refractivity contribution is -0.115. The van der Waals surface area contributed by atoms with Crippen LogP contribution in [-0.4, -0.2) is 27.8 Å². The Kier molecular flexibility index (Phi) is 5.93. The van der Waals surface area contributed by atoms with Crippen LogP contribution in [0, 0.1) is 0 Å². The molecule has 35 heavy (non-hydrogen) atoms. The van der Waals surface area contributed by atoms with E-state index in [1.54, 1.807) is 11.8 Å². The average Bonchev–Trinajstić information content (AvgIpc) is 3.31. The zero-order valence-electron chi connectivity index (χ0n) is 19.4. The molecule has 0 radical (unpaired) electrons. The number of rotatable bonds is 7. The van der Waals surface area contributed by atoms with E-state index >= 15 is 0 Å². The highest BCUT2D eigenvalue weighted by molar-refractivity contribution is 5.95. The molecule has 1 aliphatic heterocycles. The Morgan fingerprint density at radius 2 is 1.69 bits per heavy atom. The first-order chi connectivity index (χ1) is 17.0. The largest absolute Gasteiger partial charge is 0.497 e. The van der Waals surface area contributed by atoms with E-state index in [0.717, 1.165) is 28.2 Å². The molecule has 1 aliphatic rings. The van der Waals surface area contributed by atoms with Crippen molar-refractivity contribution in [1.29, 1.82) is 0 Å². The fourth-order valence-corrected chi connectivity index (χ4v) is 4.13. The molecule has 1 unspecified atom stereocenters. The van der Waals surface area contributed by atoms with Gasteiger partial charge in [-0.25, -0.2) is 4.68 Å². The highest BCUT2D eigenvalue weighted by Crippen LogP contribution is 2.36. The number of amides is 1. The summed E-state index contributed by atoms with van der Waals surface area (Å²) in [6.45, 7) is 2.28. The van der Waals surface area contributed by atoms with Crippen LogP contribution in [0.3, 0.4) is 0 Å². The van der Waals surface area contributed by atoms with Gasteiger partial charge in [0.2, 0.25) is 11.9 Å². The molecule has 1 atom stereocenters. The molecule has 176 valence electrons. The van der Waals surface area contributed by atoms with Gasteiger partial charge in [-0.3, -0.25) is 4.79 Å². The second-order valence-corrected chi connectivity index (χ2v) is 8.21. The normalized spacial score (nSPS) is 14.7. The third-order valence-corrected chi connectivity index (χ3v) is 5.91. The summed E-state index contributed by atoms with van der Waals surface area (Å²) in [5.41, 5.74) is 9.64. The summed E-state index contributed by atoms with van der Waals surface area (Å²) in [6.07, 6.45) is 0. The number of methoxy groups -OCH3 is 1. The number of hydrogen-bond donors (Lipinski definition) is 2. The van der Waals surface area contributed by atoms with E-state index in [1.807, 2.05) is 85.8 Å². The van der Waals surface area contributed by atoms with Crippen molar-refractivity contribution in [3.63, 3.8) is 0 Å². The van der Waals surface area contributed by atoms with Gasteiger partial charge in [-0.1, -0.05) is 42.5 Å². The number of nitrogens with two attached hydrogens (primary N) is 1. The first kappa shape index (κ1) is 22.2. The predicted molar refractivity (Wildman–Crippen MR) is 133 cm³/mol. The van der Waals surface area contributed by atoms with Gasteiger partial charge in [-0.15, -0.1) is 5.10 Å². The van der Waals surface area contributed by atoms with Gasteiger partial charge < -0.3 is 20.5 Å². The zero-order valence-corrected chi connectivity index (χ0v) is 19.4. The van der Waals surface area contributed by atoms with E-state index < -0.39 is 11.9 Å². The van der Waals surface area contributed by atoms with Crippen LogP contribution >= 0.6 is 0 Å². The second-order valence-electron chi connectivity index (χ2n) is 8.21. The van der Waals surface area contributed by atoms with Crippen LogP contribution in [0.1, 0.15) is 24.1 Å². The summed E-state index contributed by atoms with van der Waals surface area (Å²) in [5, 5.41) is 7.90. The molecular weight excluding hydrogens is 442 g/mol. The molecule has 3 N–H and O–H groups in total. The van der Waals surface area contributed by atoms with E-state index in [0.29, 0.717) is 29.6 Å². The van der Waals surface area contributed by atoms with E-state index in [2.05, 4.69) is 10.3 Å². The number of nitrogens with zero attached hydrogens (tertiary/aromatic N) is 3. The third kappa shape index (κ3) is 4.46. The summed E-state index contributed by atoms with van der Waals surface area (Å²) in [6, 6.07) is 24.6. The van der Waals surface area contributed by atoms with Crippen molar-refractivity contribution in [2.45, 2.75) is 19.6 Å². The fraction of sp³-hybridized carbons (Fsp3) is 0.148. The Morgan fingerprint density at radius 3 is 2.34 bits per heavy atom. The lowest BCUT2D eigenvalue weighted by Gasteiger charge is -2.27. The van der Waals surface area contributed by atoms with Crippen LogP contribution in [0.2, 0.25) is 0 Å². The molecule has 0 fully saturated rings. The predicted octanol–water partition coefficient (Wildman–Crippen LogP) is 4.31. The first-order valence-corrected chi connectivity index (χ1v) is 11.2. The monoisotopic (exact) mass is 467 g/mol. The second kappa shape index (κ2) is 9.34. The van der Waals surface area contributed by atoms with E-state index in [1.165, 1.54) is 0 Å². The number of hydrogen-bond acceptors (Lipinski definition) is 6. The number of fused-ring (bicyclic) bond motifs is 1. The van der Waals surface area contributed by atoms with Gasteiger partial charge in [0.05, 0.1) is 12.7 Å². The molecule has 1 aromatic heterocycles. The maximum atomic E-state index is 12.5. The van der Waals surface area contributed by atoms with Crippen molar-refractivity contribution >= 4 is 11.9 Å². The molecule has 8 heteroatoms. The average molecular weight is 468 g/mol. The van der Waals surface area contributed by atoms with Crippen LogP contribution in [-0.2, 0) is 11.4 Å². The zero-order chi connectivity index (χ0) is 24.4. The van der Waals surface area contributed by atoms with Crippen LogP contribution in [0.25, 0.3) is 11.4 Å². The van der Waals surface area contributed by atoms with Gasteiger partial charge in [-0.2, -0.15) is 4.98 Å². The van der Waals surface area contributed by atoms with Crippen molar-refractivity contribution in [3.8, 4) is 22.9 Å². The van der Waals surface area contributed by atoms with Gasteiger partial charge in [0, 0.05) is 11.3 Å². The van der Waals surface area contributed by atoms with E-state index in [4.69, 9.17) is 20.3 Å². The molecule has 1 amide bonds. The molecule has 2 heterocycles. The Hall–Kier alpha value is -4.59. The van der Waals surface area contributed by atoms with E-state index in [-0.39, 0.29) is 0 Å². The first-order valence-electron chi connectivity index (χ1n) is 11.2. The lowest BCUT2D eigenvalue weighted by atomic mass is 9.95. The third-order valence-electron chi connectivity index (χ3n) is 5.91. The topological polar surface area (TPSA) is 104 Å². The van der Waals surface area contributed by atoms with E-state index in [9.17, 15) is 4.79 Å². The number of nitrogens with one attached hydrogen (secondary N) is 1. The molecule has 0 spiro atoms. The maximum absolute atomic E-state index is 12.5. The number of carbonyl (C=O) groups excluding carboxylic acids is 1. The van der Waals surface area contributed by atoms with Crippen molar-refractivity contribution in [2.24, 2.45) is 5.73 Å². The van der Waals surface area contributed by atoms with Gasteiger partial charge in [0.1, 0.15) is 24.1 Å². The Balaban J connectivity index is 1.47. The van der Waals surface area contributed by atoms with Gasteiger partial charge in [0.15, 0.2) is 5.82 Å². The van der Waals surface area contributed by atoms with Crippen molar-refractivity contribution in [1.82, 2.24) is 14.8 Å². The number of benzene rings is 3. The molecule has 8 nitrogen and oxygen atoms in total. The fourth-order valence-electron chi connectivity index (χ4n) is 4.13. The molecule has 3 aromatic carbocycles. The van der Waals surface area contributed by atoms with Crippen LogP contribution in [0.4, 0.5) is 5.95 Å². The Labute approximate surface area is 203 Å². The SMILES string of the molecule is COc1ccc(-c2nc3n(n2)C(c2ccc(OCc4ccccc4)cc2)C(C(N)=O)=C(C)N3)cc1. The number of carbonyl (C=O) groups is 1. The van der Waals surface area contributed by atoms with Crippen LogP contribution < -0.4 is 20.5 Å². The van der Waals surface area contributed by atoms with Gasteiger partial charge >= 0.3 is 0 Å². The number of anilines is 1. The Bertz CT molecular complexity index is 1380. The summed E-state index contributed by atoms with van der Waals surface area (Å²) in [7, 11) is 1.62. The minimum absolute atomic E-state index is 0.432. The van der Waals surface area contributed by atoms with Crippen LogP contribution in [0.15, 0.2) is 90.1 Å².